The fourth-order valence-electron chi connectivity index (χ4n) is 3.06. The first-order valence-corrected chi connectivity index (χ1v) is 9.02. The SMILES string of the molecule is CCCN(CC(=O)N(CCC#N)c1cccc(C)c1C)CC1CC1. The van der Waals surface area contributed by atoms with Crippen molar-refractivity contribution in [3.63, 3.8) is 0 Å². The van der Waals surface area contributed by atoms with Gasteiger partial charge in [0.1, 0.15) is 0 Å². The largest absolute Gasteiger partial charge is 0.310 e. The van der Waals surface area contributed by atoms with Crippen LogP contribution >= 0.6 is 0 Å². The predicted octanol–water partition coefficient (Wildman–Crippen LogP) is 3.67. The summed E-state index contributed by atoms with van der Waals surface area (Å²) in [5, 5.41) is 8.96. The van der Waals surface area contributed by atoms with E-state index in [1.165, 1.54) is 18.4 Å². The molecule has 1 aliphatic carbocycles. The fraction of sp³-hybridized carbons (Fsp3) is 0.600. The van der Waals surface area contributed by atoms with Crippen LogP contribution in [0.2, 0.25) is 0 Å². The third-order valence-corrected chi connectivity index (χ3v) is 4.73. The molecule has 4 nitrogen and oxygen atoms in total. The number of carbonyl (C=O) groups excluding carboxylic acids is 1. The number of nitrogens with zero attached hydrogens (tertiary/aromatic N) is 3. The van der Waals surface area contributed by atoms with Gasteiger partial charge in [0.25, 0.3) is 0 Å². The molecular formula is C20H29N3O. The summed E-state index contributed by atoms with van der Waals surface area (Å²) in [4.78, 5) is 17.1. The summed E-state index contributed by atoms with van der Waals surface area (Å²) >= 11 is 0. The van der Waals surface area contributed by atoms with Crippen molar-refractivity contribution >= 4 is 11.6 Å². The molecule has 0 unspecified atom stereocenters. The average molecular weight is 327 g/mol. The molecule has 24 heavy (non-hydrogen) atoms. The van der Waals surface area contributed by atoms with Crippen molar-refractivity contribution in [2.45, 2.75) is 46.5 Å². The predicted molar refractivity (Wildman–Crippen MR) is 98.0 cm³/mol. The summed E-state index contributed by atoms with van der Waals surface area (Å²) in [7, 11) is 0. The van der Waals surface area contributed by atoms with Gasteiger partial charge in [0.2, 0.25) is 5.91 Å². The molecule has 0 aliphatic heterocycles. The van der Waals surface area contributed by atoms with E-state index in [0.717, 1.165) is 36.7 Å². The van der Waals surface area contributed by atoms with Gasteiger partial charge in [-0.3, -0.25) is 9.69 Å². The lowest BCUT2D eigenvalue weighted by Gasteiger charge is -2.28. The van der Waals surface area contributed by atoms with Crippen LogP contribution in [0.1, 0.15) is 43.7 Å². The third kappa shape index (κ3) is 5.07. The molecule has 0 heterocycles. The molecule has 2 rings (SSSR count). The maximum atomic E-state index is 13.0. The number of carbonyl (C=O) groups is 1. The zero-order valence-electron chi connectivity index (χ0n) is 15.2. The van der Waals surface area contributed by atoms with E-state index in [1.807, 2.05) is 19.1 Å². The van der Waals surface area contributed by atoms with E-state index in [4.69, 9.17) is 5.26 Å². The summed E-state index contributed by atoms with van der Waals surface area (Å²) in [6, 6.07) is 8.20. The van der Waals surface area contributed by atoms with Crippen LogP contribution in [0.15, 0.2) is 18.2 Å². The molecule has 0 saturated heterocycles. The Hall–Kier alpha value is -1.86. The van der Waals surface area contributed by atoms with Gasteiger partial charge in [-0.1, -0.05) is 19.1 Å². The van der Waals surface area contributed by atoms with E-state index >= 15 is 0 Å². The van der Waals surface area contributed by atoms with Crippen molar-refractivity contribution in [1.82, 2.24) is 4.90 Å². The Morgan fingerprint density at radius 1 is 1.29 bits per heavy atom. The number of rotatable bonds is 9. The van der Waals surface area contributed by atoms with Gasteiger partial charge < -0.3 is 4.90 Å². The third-order valence-electron chi connectivity index (χ3n) is 4.73. The minimum absolute atomic E-state index is 0.105. The Morgan fingerprint density at radius 2 is 2.04 bits per heavy atom. The number of nitriles is 1. The molecule has 0 N–H and O–H groups in total. The molecule has 1 aromatic rings. The number of hydrogen-bond acceptors (Lipinski definition) is 3. The van der Waals surface area contributed by atoms with Crippen LogP contribution in [0.5, 0.6) is 0 Å². The first-order valence-electron chi connectivity index (χ1n) is 9.02. The minimum Gasteiger partial charge on any atom is -0.310 e. The first kappa shape index (κ1) is 18.5. The number of hydrogen-bond donors (Lipinski definition) is 0. The van der Waals surface area contributed by atoms with E-state index < -0.39 is 0 Å². The standard InChI is InChI=1S/C20H29N3O/c1-4-12-22(14-18-9-10-18)15-20(24)23(13-6-11-21)19-8-5-7-16(2)17(19)3/h5,7-8,18H,4,6,9-10,12-15H2,1-3H3. The summed E-state index contributed by atoms with van der Waals surface area (Å²) in [6.45, 7) is 9.15. The fourth-order valence-corrected chi connectivity index (χ4v) is 3.06. The number of amides is 1. The molecule has 0 atom stereocenters. The van der Waals surface area contributed by atoms with Gasteiger partial charge in [-0.2, -0.15) is 5.26 Å². The maximum Gasteiger partial charge on any atom is 0.241 e. The van der Waals surface area contributed by atoms with Crippen molar-refractivity contribution in [2.75, 3.05) is 31.1 Å². The van der Waals surface area contributed by atoms with Gasteiger partial charge >= 0.3 is 0 Å². The molecule has 1 aromatic carbocycles. The lowest BCUT2D eigenvalue weighted by molar-refractivity contribution is -0.119. The highest BCUT2D eigenvalue weighted by Crippen LogP contribution is 2.30. The first-order chi connectivity index (χ1) is 11.6. The maximum absolute atomic E-state index is 13.0. The van der Waals surface area contributed by atoms with Crippen molar-refractivity contribution in [3.8, 4) is 6.07 Å². The van der Waals surface area contributed by atoms with Gasteiger partial charge in [0, 0.05) is 18.8 Å². The average Bonchev–Trinajstić information content (AvgIpc) is 3.35. The molecular weight excluding hydrogens is 298 g/mol. The Morgan fingerprint density at radius 3 is 2.67 bits per heavy atom. The lowest BCUT2D eigenvalue weighted by Crippen LogP contribution is -2.42. The number of benzene rings is 1. The summed E-state index contributed by atoms with van der Waals surface area (Å²) in [5.74, 6) is 0.880. The lowest BCUT2D eigenvalue weighted by atomic mass is 10.1. The smallest absolute Gasteiger partial charge is 0.241 e. The van der Waals surface area contributed by atoms with Crippen LogP contribution in [0.25, 0.3) is 0 Å². The zero-order valence-corrected chi connectivity index (χ0v) is 15.2. The van der Waals surface area contributed by atoms with Crippen LogP contribution in [0.3, 0.4) is 0 Å². The molecule has 1 saturated carbocycles. The van der Waals surface area contributed by atoms with Crippen LogP contribution < -0.4 is 4.90 Å². The summed E-state index contributed by atoms with van der Waals surface area (Å²) in [5.41, 5.74) is 3.23. The second-order valence-electron chi connectivity index (χ2n) is 6.85. The quantitative estimate of drug-likeness (QED) is 0.695. The van der Waals surface area contributed by atoms with E-state index in [2.05, 4.69) is 30.9 Å². The summed E-state index contributed by atoms with van der Waals surface area (Å²) < 4.78 is 0. The normalized spacial score (nSPS) is 13.8. The number of aryl methyl sites for hydroxylation is 1. The molecule has 0 bridgehead atoms. The topological polar surface area (TPSA) is 47.3 Å². The van der Waals surface area contributed by atoms with Crippen LogP contribution in [0, 0.1) is 31.1 Å². The Balaban J connectivity index is 2.14. The van der Waals surface area contributed by atoms with Gasteiger partial charge in [-0.25, -0.2) is 0 Å². The Labute approximate surface area is 146 Å². The molecule has 1 amide bonds. The minimum atomic E-state index is 0.105. The summed E-state index contributed by atoms with van der Waals surface area (Å²) in [6.07, 6.45) is 4.00. The molecule has 4 heteroatoms. The highest BCUT2D eigenvalue weighted by molar-refractivity contribution is 5.95. The van der Waals surface area contributed by atoms with E-state index in [1.54, 1.807) is 4.90 Å². The van der Waals surface area contributed by atoms with Crippen molar-refractivity contribution in [3.05, 3.63) is 29.3 Å². The molecule has 0 radical (unpaired) electrons. The van der Waals surface area contributed by atoms with Gasteiger partial charge in [-0.15, -0.1) is 0 Å². The number of anilines is 1. The van der Waals surface area contributed by atoms with Crippen molar-refractivity contribution in [2.24, 2.45) is 5.92 Å². The highest BCUT2D eigenvalue weighted by Gasteiger charge is 2.26. The van der Waals surface area contributed by atoms with Gasteiger partial charge in [-0.05, 0) is 62.8 Å². The van der Waals surface area contributed by atoms with Crippen LogP contribution in [-0.4, -0.2) is 37.0 Å². The molecule has 1 fully saturated rings. The Bertz CT molecular complexity index is 601. The molecule has 1 aliphatic rings. The van der Waals surface area contributed by atoms with Gasteiger partial charge in [0.05, 0.1) is 19.0 Å². The van der Waals surface area contributed by atoms with Crippen LogP contribution in [0.4, 0.5) is 5.69 Å². The second-order valence-corrected chi connectivity index (χ2v) is 6.85. The molecule has 130 valence electrons. The van der Waals surface area contributed by atoms with E-state index in [9.17, 15) is 4.79 Å². The monoisotopic (exact) mass is 327 g/mol. The van der Waals surface area contributed by atoms with Crippen molar-refractivity contribution < 1.29 is 4.79 Å². The van der Waals surface area contributed by atoms with E-state index in [-0.39, 0.29) is 5.91 Å². The second kappa shape index (κ2) is 8.84. The van der Waals surface area contributed by atoms with Crippen molar-refractivity contribution in [1.29, 1.82) is 5.26 Å². The molecule has 0 spiro atoms. The highest BCUT2D eigenvalue weighted by atomic mass is 16.2. The molecule has 0 aromatic heterocycles. The van der Waals surface area contributed by atoms with Gasteiger partial charge in [0.15, 0.2) is 0 Å². The van der Waals surface area contributed by atoms with E-state index in [0.29, 0.717) is 19.5 Å². The Kier molecular flexibility index (Phi) is 6.81. The zero-order chi connectivity index (χ0) is 17.5. The van der Waals surface area contributed by atoms with Crippen LogP contribution in [-0.2, 0) is 4.79 Å².